The van der Waals surface area contributed by atoms with Gasteiger partial charge in [0, 0.05) is 0 Å². The molecule has 0 unspecified atom stereocenters. The van der Waals surface area contributed by atoms with Gasteiger partial charge in [0.25, 0.3) is 0 Å². The minimum atomic E-state index is -0.373. The van der Waals surface area contributed by atoms with Crippen LogP contribution in [0, 0.1) is 0 Å². The molecule has 0 atom stereocenters. The summed E-state index contributed by atoms with van der Waals surface area (Å²) in [6.45, 7) is 6.73. The fraction of sp³-hybridized carbons (Fsp3) is 0.889. The maximum Gasteiger partial charge on any atom is 0.418 e. The zero-order valence-electron chi connectivity index (χ0n) is 14.4. The molecule has 0 heterocycles. The van der Waals surface area contributed by atoms with Crippen molar-refractivity contribution in [1.82, 2.24) is 0 Å². The molecule has 22 heavy (non-hydrogen) atoms. The highest BCUT2D eigenvalue weighted by atomic mass is 16.5. The van der Waals surface area contributed by atoms with Crippen LogP contribution in [0.4, 0.5) is 0 Å². The number of rotatable bonds is 3. The Morgan fingerprint density at radius 1 is 0.818 bits per heavy atom. The Morgan fingerprint density at radius 3 is 1.50 bits per heavy atom. The molecule has 2 saturated carbocycles. The fourth-order valence-corrected chi connectivity index (χ4v) is 2.74. The van der Waals surface area contributed by atoms with Gasteiger partial charge in [-0.3, -0.25) is 0 Å². The van der Waals surface area contributed by atoms with Crippen molar-refractivity contribution in [3.05, 3.63) is 0 Å². The zero-order chi connectivity index (χ0) is 16.3. The lowest BCUT2D eigenvalue weighted by molar-refractivity contribution is 0.109. The van der Waals surface area contributed by atoms with Crippen LogP contribution in [-0.2, 0) is 9.53 Å². The Labute approximate surface area is 135 Å². The van der Waals surface area contributed by atoms with Crippen molar-refractivity contribution in [3.63, 3.8) is 0 Å². The molecule has 0 saturated heterocycles. The van der Waals surface area contributed by atoms with E-state index in [1.54, 1.807) is 20.8 Å². The van der Waals surface area contributed by atoms with Gasteiger partial charge in [-0.05, 0) is 46.5 Å². The van der Waals surface area contributed by atoms with Crippen molar-refractivity contribution in [2.24, 2.45) is 9.98 Å². The molecule has 0 aromatic carbocycles. The third-order valence-corrected chi connectivity index (χ3v) is 3.98. The van der Waals surface area contributed by atoms with E-state index in [1.807, 2.05) is 0 Å². The quantitative estimate of drug-likeness (QED) is 0.710. The Kier molecular flexibility index (Phi) is 9.07. The normalized spacial score (nSPS) is 20.1. The van der Waals surface area contributed by atoms with Crippen LogP contribution in [0.1, 0.15) is 85.0 Å². The average Bonchev–Trinajstić information content (AvgIpc) is 2.49. The van der Waals surface area contributed by atoms with E-state index >= 15 is 0 Å². The predicted molar refractivity (Wildman–Crippen MR) is 90.1 cm³/mol. The first-order valence-corrected chi connectivity index (χ1v) is 8.71. The summed E-state index contributed by atoms with van der Waals surface area (Å²) in [6.07, 6.45) is 13.2. The van der Waals surface area contributed by atoms with Crippen molar-refractivity contribution >= 4 is 12.5 Å². The molecule has 1 radical (unpaired) electrons. The Bertz CT molecular complexity index is 334. The molecule has 4 nitrogen and oxygen atoms in total. The molecular formula is C18H31N2O2. The van der Waals surface area contributed by atoms with E-state index in [4.69, 9.17) is 0 Å². The van der Waals surface area contributed by atoms with Crippen LogP contribution in [0.15, 0.2) is 9.98 Å². The van der Waals surface area contributed by atoms with Gasteiger partial charge >= 0.3 is 6.47 Å². The first-order valence-electron chi connectivity index (χ1n) is 8.71. The third kappa shape index (κ3) is 9.73. The van der Waals surface area contributed by atoms with Crippen LogP contribution in [0.2, 0.25) is 0 Å². The Hall–Kier alpha value is -1.15. The molecule has 4 heteroatoms. The van der Waals surface area contributed by atoms with E-state index in [0.717, 1.165) is 0 Å². The second kappa shape index (κ2) is 10.6. The summed E-state index contributed by atoms with van der Waals surface area (Å²) < 4.78 is 4.42. The Balaban J connectivity index is 0.000000295. The van der Waals surface area contributed by atoms with E-state index in [9.17, 15) is 4.79 Å². The summed E-state index contributed by atoms with van der Waals surface area (Å²) in [7, 11) is 0. The topological polar surface area (TPSA) is 51.0 Å². The molecule has 0 spiro atoms. The Morgan fingerprint density at radius 2 is 1.23 bits per heavy atom. The minimum Gasteiger partial charge on any atom is -0.452 e. The van der Waals surface area contributed by atoms with E-state index < -0.39 is 0 Å². The molecule has 0 aromatic rings. The molecule has 125 valence electrons. The number of nitrogens with zero attached hydrogens (tertiary/aromatic N) is 2. The standard InChI is InChI=1S/C13H22N2.C5H9O2/c1-3-7-12(8-4-1)14-11-15-13-9-5-2-6-10-13;1-5(2,3)7-4-6/h12-13H,1-10H2;1-3H3. The van der Waals surface area contributed by atoms with Gasteiger partial charge < -0.3 is 4.74 Å². The minimum absolute atomic E-state index is 0.373. The molecule has 0 aliphatic heterocycles. The average molecular weight is 307 g/mol. The van der Waals surface area contributed by atoms with Crippen LogP contribution >= 0.6 is 0 Å². The van der Waals surface area contributed by atoms with E-state index in [0.29, 0.717) is 12.1 Å². The fourth-order valence-electron chi connectivity index (χ4n) is 2.74. The van der Waals surface area contributed by atoms with Gasteiger partial charge in [-0.2, -0.15) is 0 Å². The maximum absolute atomic E-state index is 9.47. The number of ether oxygens (including phenoxy) is 1. The van der Waals surface area contributed by atoms with Crippen LogP contribution in [0.3, 0.4) is 0 Å². The third-order valence-electron chi connectivity index (χ3n) is 3.98. The first kappa shape index (κ1) is 18.9. The van der Waals surface area contributed by atoms with Crippen molar-refractivity contribution in [2.45, 2.75) is 103 Å². The summed E-state index contributed by atoms with van der Waals surface area (Å²) in [6, 6.07) is 4.04. The van der Waals surface area contributed by atoms with Gasteiger partial charge in [-0.1, -0.05) is 38.5 Å². The number of hydrogen-bond acceptors (Lipinski definition) is 4. The van der Waals surface area contributed by atoms with Gasteiger partial charge in [0.2, 0.25) is 0 Å². The zero-order valence-corrected chi connectivity index (χ0v) is 14.4. The van der Waals surface area contributed by atoms with E-state index in [1.165, 1.54) is 70.7 Å². The van der Waals surface area contributed by atoms with Crippen molar-refractivity contribution in [3.8, 4) is 0 Å². The van der Waals surface area contributed by atoms with Crippen molar-refractivity contribution < 1.29 is 9.53 Å². The summed E-state index contributed by atoms with van der Waals surface area (Å²) in [5, 5.41) is 0. The second-order valence-corrected chi connectivity index (χ2v) is 7.24. The molecule has 2 fully saturated rings. The van der Waals surface area contributed by atoms with Crippen LogP contribution in [0.25, 0.3) is 0 Å². The molecule has 2 aliphatic rings. The van der Waals surface area contributed by atoms with E-state index in [-0.39, 0.29) is 5.60 Å². The highest BCUT2D eigenvalue weighted by molar-refractivity contribution is 5.42. The smallest absolute Gasteiger partial charge is 0.418 e. The number of aliphatic imine (C=N–C) groups is 2. The molecule has 0 aromatic heterocycles. The van der Waals surface area contributed by atoms with Crippen LogP contribution in [-0.4, -0.2) is 30.2 Å². The molecule has 0 amide bonds. The molecule has 0 N–H and O–H groups in total. The van der Waals surface area contributed by atoms with Crippen LogP contribution < -0.4 is 0 Å². The van der Waals surface area contributed by atoms with Gasteiger partial charge in [0.05, 0.1) is 18.1 Å². The van der Waals surface area contributed by atoms with E-state index in [2.05, 4.69) is 20.7 Å². The predicted octanol–water partition coefficient (Wildman–Crippen LogP) is 4.69. The lowest BCUT2D eigenvalue weighted by atomic mass is 9.96. The first-order chi connectivity index (χ1) is 10.5. The lowest BCUT2D eigenvalue weighted by Crippen LogP contribution is -2.17. The second-order valence-electron chi connectivity index (χ2n) is 7.24. The lowest BCUT2D eigenvalue weighted by Gasteiger charge is -2.17. The number of carbonyl (C=O) groups excluding carboxylic acids is 1. The van der Waals surface area contributed by atoms with Crippen molar-refractivity contribution in [1.29, 1.82) is 0 Å². The van der Waals surface area contributed by atoms with Crippen molar-refractivity contribution in [2.75, 3.05) is 0 Å². The summed E-state index contributed by atoms with van der Waals surface area (Å²) in [4.78, 5) is 18.4. The molecular weight excluding hydrogens is 276 g/mol. The SMILES string of the molecule is C(=NC1CCCCC1)=NC1CCCCC1.CC(C)(C)O[C]=O. The highest BCUT2D eigenvalue weighted by Gasteiger charge is 2.12. The van der Waals surface area contributed by atoms with Gasteiger partial charge in [0.15, 0.2) is 0 Å². The number of hydrogen-bond donors (Lipinski definition) is 0. The highest BCUT2D eigenvalue weighted by Crippen LogP contribution is 2.21. The largest absolute Gasteiger partial charge is 0.452 e. The van der Waals surface area contributed by atoms with Gasteiger partial charge in [-0.15, -0.1) is 0 Å². The molecule has 2 aliphatic carbocycles. The van der Waals surface area contributed by atoms with Gasteiger partial charge in [-0.25, -0.2) is 14.8 Å². The monoisotopic (exact) mass is 307 g/mol. The molecule has 2 rings (SSSR count). The maximum atomic E-state index is 9.47. The summed E-state index contributed by atoms with van der Waals surface area (Å²) >= 11 is 0. The van der Waals surface area contributed by atoms with Gasteiger partial charge in [0.1, 0.15) is 5.60 Å². The summed E-state index contributed by atoms with van der Waals surface area (Å²) in [5.41, 5.74) is -0.373. The summed E-state index contributed by atoms with van der Waals surface area (Å²) in [5.74, 6) is 0. The van der Waals surface area contributed by atoms with Crippen LogP contribution in [0.5, 0.6) is 0 Å². The molecule has 0 bridgehead atoms.